The van der Waals surface area contributed by atoms with Gasteiger partial charge in [0.15, 0.2) is 16.8 Å². The molecule has 0 spiro atoms. The number of aromatic nitrogens is 2. The molecule has 0 unspecified atom stereocenters. The summed E-state index contributed by atoms with van der Waals surface area (Å²) in [5.74, 6) is 1.17. The van der Waals surface area contributed by atoms with Gasteiger partial charge in [-0.3, -0.25) is 4.79 Å². The topological polar surface area (TPSA) is 68.0 Å². The van der Waals surface area contributed by atoms with Crippen LogP contribution >= 0.6 is 11.3 Å². The molecule has 0 aliphatic rings. The Hall–Kier alpha value is -2.99. The third kappa shape index (κ3) is 3.65. The van der Waals surface area contributed by atoms with Crippen molar-refractivity contribution in [1.29, 1.82) is 0 Å². The van der Waals surface area contributed by atoms with Gasteiger partial charge < -0.3 is 9.73 Å². The minimum absolute atomic E-state index is 0.0970. The van der Waals surface area contributed by atoms with Crippen molar-refractivity contribution in [3.05, 3.63) is 66.2 Å². The van der Waals surface area contributed by atoms with Crippen molar-refractivity contribution in [3.63, 3.8) is 0 Å². The summed E-state index contributed by atoms with van der Waals surface area (Å²) in [6.45, 7) is 2.04. The van der Waals surface area contributed by atoms with Crippen molar-refractivity contribution in [3.8, 4) is 11.3 Å². The summed E-state index contributed by atoms with van der Waals surface area (Å²) in [5.41, 5.74) is 3.05. The zero-order chi connectivity index (χ0) is 17.9. The lowest BCUT2D eigenvalue weighted by Gasteiger charge is -1.99. The summed E-state index contributed by atoms with van der Waals surface area (Å²) >= 11 is 1.48. The number of nitrogens with zero attached hydrogens (tertiary/aromatic N) is 2. The Morgan fingerprint density at radius 3 is 2.88 bits per heavy atom. The number of hydrogen-bond acceptors (Lipinski definition) is 5. The molecule has 1 N–H and O–H groups in total. The number of carbonyl (C=O) groups is 1. The predicted octanol–water partition coefficient (Wildman–Crippen LogP) is 4.83. The molecular formula is C20H17N3O2S. The van der Waals surface area contributed by atoms with Gasteiger partial charge in [-0.2, -0.15) is 0 Å². The quantitative estimate of drug-likeness (QED) is 0.551. The smallest absolute Gasteiger partial charge is 0.226 e. The fraction of sp³-hybridized carbons (Fsp3) is 0.150. The fourth-order valence-electron chi connectivity index (χ4n) is 2.65. The van der Waals surface area contributed by atoms with Gasteiger partial charge in [0.25, 0.3) is 0 Å². The Kier molecular flexibility index (Phi) is 4.50. The molecule has 0 atom stereocenters. The summed E-state index contributed by atoms with van der Waals surface area (Å²) in [5, 5.41) is 3.48. The molecule has 4 aromatic rings. The van der Waals surface area contributed by atoms with E-state index >= 15 is 0 Å². The molecule has 6 heteroatoms. The molecular weight excluding hydrogens is 346 g/mol. The van der Waals surface area contributed by atoms with Crippen LogP contribution in [0.3, 0.4) is 0 Å². The number of hydrogen-bond donors (Lipinski definition) is 1. The van der Waals surface area contributed by atoms with E-state index in [1.165, 1.54) is 16.9 Å². The van der Waals surface area contributed by atoms with Crippen LogP contribution in [0.2, 0.25) is 0 Å². The average molecular weight is 363 g/mol. The molecule has 2 heterocycles. The predicted molar refractivity (Wildman–Crippen MR) is 103 cm³/mol. The summed E-state index contributed by atoms with van der Waals surface area (Å²) in [7, 11) is 0. The number of thiazole rings is 1. The Morgan fingerprint density at radius 2 is 2.04 bits per heavy atom. The molecule has 1 amide bonds. The van der Waals surface area contributed by atoms with Crippen molar-refractivity contribution >= 4 is 32.6 Å². The second-order valence-electron chi connectivity index (χ2n) is 6.02. The van der Waals surface area contributed by atoms with Crippen LogP contribution in [0.1, 0.15) is 17.9 Å². The van der Waals surface area contributed by atoms with Crippen molar-refractivity contribution < 1.29 is 9.21 Å². The first kappa shape index (κ1) is 16.5. The monoisotopic (exact) mass is 363 g/mol. The van der Waals surface area contributed by atoms with Crippen LogP contribution in [0.5, 0.6) is 0 Å². The van der Waals surface area contributed by atoms with E-state index in [0.29, 0.717) is 29.6 Å². The number of carbonyl (C=O) groups excluding carboxylic acids is 1. The second kappa shape index (κ2) is 7.09. The number of rotatable bonds is 5. The highest BCUT2D eigenvalue weighted by Gasteiger charge is 2.11. The number of amides is 1. The molecule has 2 aromatic heterocycles. The van der Waals surface area contributed by atoms with Crippen LogP contribution in [-0.4, -0.2) is 15.9 Å². The second-order valence-corrected chi connectivity index (χ2v) is 7.05. The molecule has 130 valence electrons. The molecule has 0 saturated heterocycles. The van der Waals surface area contributed by atoms with Crippen molar-refractivity contribution in [1.82, 2.24) is 9.97 Å². The van der Waals surface area contributed by atoms with Crippen molar-refractivity contribution in [2.45, 2.75) is 19.8 Å². The van der Waals surface area contributed by atoms with Crippen molar-refractivity contribution in [2.24, 2.45) is 0 Å². The lowest BCUT2D eigenvalue weighted by atomic mass is 10.2. The van der Waals surface area contributed by atoms with E-state index in [0.717, 1.165) is 15.8 Å². The number of fused-ring (bicyclic) bond motifs is 1. The lowest BCUT2D eigenvalue weighted by molar-refractivity contribution is -0.116. The lowest BCUT2D eigenvalue weighted by Crippen LogP contribution is -2.12. The average Bonchev–Trinajstić information content (AvgIpc) is 3.27. The van der Waals surface area contributed by atoms with Gasteiger partial charge in [-0.25, -0.2) is 9.97 Å². The van der Waals surface area contributed by atoms with Gasteiger partial charge in [0.1, 0.15) is 0 Å². The van der Waals surface area contributed by atoms with E-state index in [2.05, 4.69) is 21.4 Å². The van der Waals surface area contributed by atoms with Crippen LogP contribution in [0, 0.1) is 6.92 Å². The molecule has 5 nitrogen and oxygen atoms in total. The van der Waals surface area contributed by atoms with Gasteiger partial charge in [-0.15, -0.1) is 0 Å². The summed E-state index contributed by atoms with van der Waals surface area (Å²) in [6.07, 6.45) is 2.44. The van der Waals surface area contributed by atoms with E-state index in [1.807, 2.05) is 49.4 Å². The normalized spacial score (nSPS) is 11.0. The van der Waals surface area contributed by atoms with Gasteiger partial charge in [0.05, 0.1) is 16.4 Å². The van der Waals surface area contributed by atoms with Gasteiger partial charge in [-0.1, -0.05) is 47.7 Å². The van der Waals surface area contributed by atoms with Crippen LogP contribution < -0.4 is 5.32 Å². The van der Waals surface area contributed by atoms with Crippen LogP contribution in [0.4, 0.5) is 5.13 Å². The largest absolute Gasteiger partial charge is 0.441 e. The number of nitrogens with one attached hydrogen (secondary N) is 1. The molecule has 0 aliphatic heterocycles. The van der Waals surface area contributed by atoms with E-state index in [9.17, 15) is 4.79 Å². The summed E-state index contributed by atoms with van der Waals surface area (Å²) in [4.78, 5) is 20.9. The first-order valence-corrected chi connectivity index (χ1v) is 9.16. The maximum Gasteiger partial charge on any atom is 0.226 e. The first-order chi connectivity index (χ1) is 12.7. The van der Waals surface area contributed by atoms with Gasteiger partial charge >= 0.3 is 0 Å². The highest BCUT2D eigenvalue weighted by molar-refractivity contribution is 7.22. The summed E-state index contributed by atoms with van der Waals surface area (Å²) in [6, 6.07) is 15.8. The van der Waals surface area contributed by atoms with Crippen LogP contribution in [0.15, 0.2) is 59.1 Å². The van der Waals surface area contributed by atoms with Gasteiger partial charge in [-0.05, 0) is 24.6 Å². The standard InChI is InChI=1S/C20H17N3O2S/c1-13-7-8-15-17(11-13)26-20(22-15)23-18(24)9-10-19-21-12-16(25-19)14-5-3-2-4-6-14/h2-8,11-12H,9-10H2,1H3,(H,22,23,24). The van der Waals surface area contributed by atoms with Gasteiger partial charge in [0, 0.05) is 18.4 Å². The minimum atomic E-state index is -0.0970. The molecule has 2 aromatic carbocycles. The molecule has 0 fully saturated rings. The molecule has 0 bridgehead atoms. The minimum Gasteiger partial charge on any atom is -0.441 e. The number of aryl methyl sites for hydroxylation is 2. The zero-order valence-corrected chi connectivity index (χ0v) is 15.0. The molecule has 0 aliphatic carbocycles. The van der Waals surface area contributed by atoms with Crippen molar-refractivity contribution in [2.75, 3.05) is 5.32 Å². The highest BCUT2D eigenvalue weighted by Crippen LogP contribution is 2.27. The van der Waals surface area contributed by atoms with Crippen LogP contribution in [-0.2, 0) is 11.2 Å². The Balaban J connectivity index is 1.37. The Bertz CT molecular complexity index is 1050. The van der Waals surface area contributed by atoms with E-state index in [4.69, 9.17) is 4.42 Å². The SMILES string of the molecule is Cc1ccc2nc(NC(=O)CCc3ncc(-c4ccccc4)o3)sc2c1. The highest BCUT2D eigenvalue weighted by atomic mass is 32.1. The third-order valence-electron chi connectivity index (χ3n) is 3.97. The molecule has 26 heavy (non-hydrogen) atoms. The van der Waals surface area contributed by atoms with E-state index in [-0.39, 0.29) is 5.91 Å². The first-order valence-electron chi connectivity index (χ1n) is 8.34. The molecule has 0 saturated carbocycles. The van der Waals surface area contributed by atoms with Crippen LogP contribution in [0.25, 0.3) is 21.5 Å². The maximum absolute atomic E-state index is 12.2. The molecule has 4 rings (SSSR count). The Labute approximate surface area is 154 Å². The fourth-order valence-corrected chi connectivity index (χ4v) is 3.63. The summed E-state index contributed by atoms with van der Waals surface area (Å²) < 4.78 is 6.80. The molecule has 0 radical (unpaired) electrons. The van der Waals surface area contributed by atoms with E-state index < -0.39 is 0 Å². The maximum atomic E-state index is 12.2. The third-order valence-corrected chi connectivity index (χ3v) is 4.90. The number of anilines is 1. The number of oxazole rings is 1. The zero-order valence-electron chi connectivity index (χ0n) is 14.2. The Morgan fingerprint density at radius 1 is 1.19 bits per heavy atom. The number of benzene rings is 2. The van der Waals surface area contributed by atoms with E-state index in [1.54, 1.807) is 6.20 Å². The van der Waals surface area contributed by atoms with Gasteiger partial charge in [0.2, 0.25) is 5.91 Å².